The Bertz CT molecular complexity index is 449. The van der Waals surface area contributed by atoms with E-state index in [0.717, 1.165) is 30.3 Å². The van der Waals surface area contributed by atoms with Crippen LogP contribution in [-0.4, -0.2) is 23.4 Å². The fourth-order valence-corrected chi connectivity index (χ4v) is 3.10. The van der Waals surface area contributed by atoms with Crippen molar-refractivity contribution in [3.8, 4) is 0 Å². The predicted molar refractivity (Wildman–Crippen MR) is 78.1 cm³/mol. The number of likely N-dealkylation sites (tertiary alicyclic amines) is 1. The van der Waals surface area contributed by atoms with Crippen molar-refractivity contribution in [2.75, 3.05) is 6.54 Å². The van der Waals surface area contributed by atoms with Gasteiger partial charge in [-0.25, -0.2) is 0 Å². The molecule has 0 saturated carbocycles. The highest BCUT2D eigenvalue weighted by atomic mass is 79.9. The Hall–Kier alpha value is -0.540. The Labute approximate surface area is 121 Å². The fraction of sp³-hybridized carbons (Fsp3) is 0.500. The van der Waals surface area contributed by atoms with E-state index < -0.39 is 0 Å². The van der Waals surface area contributed by atoms with Crippen LogP contribution in [0.3, 0.4) is 0 Å². The van der Waals surface area contributed by atoms with Crippen LogP contribution in [0.1, 0.15) is 43.0 Å². The Balaban J connectivity index is 2.26. The van der Waals surface area contributed by atoms with E-state index in [1.807, 2.05) is 11.0 Å². The molecule has 1 aliphatic rings. The Morgan fingerprint density at radius 2 is 2.28 bits per heavy atom. The van der Waals surface area contributed by atoms with Crippen molar-refractivity contribution in [1.29, 1.82) is 0 Å². The molecule has 1 atom stereocenters. The van der Waals surface area contributed by atoms with Crippen LogP contribution >= 0.6 is 27.5 Å². The number of amides is 1. The molecule has 1 fully saturated rings. The molecule has 98 valence electrons. The fourth-order valence-electron chi connectivity index (χ4n) is 2.51. The molecule has 1 saturated heterocycles. The third-order valence-corrected chi connectivity index (χ3v) is 4.44. The van der Waals surface area contributed by atoms with E-state index in [1.165, 1.54) is 6.42 Å². The van der Waals surface area contributed by atoms with Gasteiger partial charge in [0.2, 0.25) is 0 Å². The number of carbonyl (C=O) groups excluding carboxylic acids is 1. The molecular formula is C14H17BrClNO. The predicted octanol–water partition coefficient (Wildman–Crippen LogP) is 4.51. The molecule has 4 heteroatoms. The largest absolute Gasteiger partial charge is 0.336 e. The standard InChI is InChI=1S/C14H17BrClNO/c1-2-11-5-3-4-8-17(11)14(18)12-9-10(16)6-7-13(12)15/h6-7,9,11H,2-5,8H2,1H3. The first-order valence-corrected chi connectivity index (χ1v) is 7.56. The third kappa shape index (κ3) is 2.89. The van der Waals surface area contributed by atoms with Crippen LogP contribution in [0.5, 0.6) is 0 Å². The summed E-state index contributed by atoms with van der Waals surface area (Å²) in [5.41, 5.74) is 0.669. The van der Waals surface area contributed by atoms with Gasteiger partial charge in [0.25, 0.3) is 5.91 Å². The van der Waals surface area contributed by atoms with Crippen molar-refractivity contribution in [2.24, 2.45) is 0 Å². The van der Waals surface area contributed by atoms with Gasteiger partial charge in [-0.15, -0.1) is 0 Å². The Morgan fingerprint density at radius 3 is 3.00 bits per heavy atom. The second-order valence-electron chi connectivity index (χ2n) is 4.68. The smallest absolute Gasteiger partial charge is 0.255 e. The maximum absolute atomic E-state index is 12.6. The minimum Gasteiger partial charge on any atom is -0.336 e. The van der Waals surface area contributed by atoms with E-state index in [9.17, 15) is 4.79 Å². The van der Waals surface area contributed by atoms with Gasteiger partial charge >= 0.3 is 0 Å². The van der Waals surface area contributed by atoms with E-state index in [4.69, 9.17) is 11.6 Å². The molecule has 0 bridgehead atoms. The average Bonchev–Trinajstić information content (AvgIpc) is 2.40. The molecular weight excluding hydrogens is 314 g/mol. The summed E-state index contributed by atoms with van der Waals surface area (Å²) >= 11 is 9.41. The van der Waals surface area contributed by atoms with Crippen molar-refractivity contribution in [3.63, 3.8) is 0 Å². The van der Waals surface area contributed by atoms with Crippen LogP contribution in [0.4, 0.5) is 0 Å². The van der Waals surface area contributed by atoms with E-state index in [2.05, 4.69) is 22.9 Å². The lowest BCUT2D eigenvalue weighted by atomic mass is 9.99. The Morgan fingerprint density at radius 1 is 1.50 bits per heavy atom. The number of piperidine rings is 1. The first-order chi connectivity index (χ1) is 8.63. The average molecular weight is 331 g/mol. The van der Waals surface area contributed by atoms with Crippen LogP contribution in [0.15, 0.2) is 22.7 Å². The van der Waals surface area contributed by atoms with Crippen molar-refractivity contribution in [3.05, 3.63) is 33.3 Å². The maximum Gasteiger partial charge on any atom is 0.255 e. The molecule has 1 unspecified atom stereocenters. The highest BCUT2D eigenvalue weighted by Crippen LogP contribution is 2.26. The monoisotopic (exact) mass is 329 g/mol. The van der Waals surface area contributed by atoms with Crippen LogP contribution < -0.4 is 0 Å². The molecule has 0 spiro atoms. The highest BCUT2D eigenvalue weighted by molar-refractivity contribution is 9.10. The molecule has 0 radical (unpaired) electrons. The molecule has 0 N–H and O–H groups in total. The molecule has 2 rings (SSSR count). The van der Waals surface area contributed by atoms with Gasteiger partial charge in [-0.3, -0.25) is 4.79 Å². The maximum atomic E-state index is 12.6. The summed E-state index contributed by atoms with van der Waals surface area (Å²) in [5, 5.41) is 0.603. The highest BCUT2D eigenvalue weighted by Gasteiger charge is 2.27. The van der Waals surface area contributed by atoms with E-state index in [-0.39, 0.29) is 5.91 Å². The van der Waals surface area contributed by atoms with Crippen molar-refractivity contribution >= 4 is 33.4 Å². The first kappa shape index (κ1) is 13.9. The lowest BCUT2D eigenvalue weighted by Crippen LogP contribution is -2.43. The normalized spacial score (nSPS) is 19.9. The molecule has 0 aromatic heterocycles. The summed E-state index contributed by atoms with van der Waals surface area (Å²) in [6.07, 6.45) is 4.45. The van der Waals surface area contributed by atoms with Gasteiger partial charge < -0.3 is 4.90 Å². The zero-order valence-corrected chi connectivity index (χ0v) is 12.8. The summed E-state index contributed by atoms with van der Waals surface area (Å²) in [6.45, 7) is 3.00. The number of hydrogen-bond donors (Lipinski definition) is 0. The molecule has 1 aromatic rings. The summed E-state index contributed by atoms with van der Waals surface area (Å²) in [7, 11) is 0. The molecule has 1 aromatic carbocycles. The van der Waals surface area contributed by atoms with E-state index in [1.54, 1.807) is 12.1 Å². The van der Waals surface area contributed by atoms with Gasteiger partial charge in [0, 0.05) is 22.1 Å². The van der Waals surface area contributed by atoms with Gasteiger partial charge in [0.15, 0.2) is 0 Å². The molecule has 18 heavy (non-hydrogen) atoms. The lowest BCUT2D eigenvalue weighted by Gasteiger charge is -2.35. The lowest BCUT2D eigenvalue weighted by molar-refractivity contribution is 0.0607. The van der Waals surface area contributed by atoms with Crippen LogP contribution in [0.25, 0.3) is 0 Å². The SMILES string of the molecule is CCC1CCCCN1C(=O)c1cc(Cl)ccc1Br. The summed E-state index contributed by atoms with van der Waals surface area (Å²) in [6, 6.07) is 5.74. The number of carbonyl (C=O) groups is 1. The van der Waals surface area contributed by atoms with Crippen LogP contribution in [0.2, 0.25) is 5.02 Å². The third-order valence-electron chi connectivity index (χ3n) is 3.52. The molecule has 0 aliphatic carbocycles. The first-order valence-electron chi connectivity index (χ1n) is 6.39. The van der Waals surface area contributed by atoms with Crippen molar-refractivity contribution in [1.82, 2.24) is 4.90 Å². The second-order valence-corrected chi connectivity index (χ2v) is 5.97. The topological polar surface area (TPSA) is 20.3 Å². The number of hydrogen-bond acceptors (Lipinski definition) is 1. The number of halogens is 2. The zero-order valence-electron chi connectivity index (χ0n) is 10.5. The number of rotatable bonds is 2. The molecule has 1 heterocycles. The van der Waals surface area contributed by atoms with Gasteiger partial charge in [0.1, 0.15) is 0 Å². The quantitative estimate of drug-likeness (QED) is 0.781. The van der Waals surface area contributed by atoms with Crippen LogP contribution in [0, 0.1) is 0 Å². The summed E-state index contributed by atoms with van der Waals surface area (Å²) in [5.74, 6) is 0.0934. The molecule has 1 amide bonds. The van der Waals surface area contributed by atoms with Crippen LogP contribution in [-0.2, 0) is 0 Å². The van der Waals surface area contributed by atoms with Crippen molar-refractivity contribution < 1.29 is 4.79 Å². The van der Waals surface area contributed by atoms with E-state index in [0.29, 0.717) is 16.6 Å². The zero-order chi connectivity index (χ0) is 13.1. The van der Waals surface area contributed by atoms with Crippen molar-refractivity contribution in [2.45, 2.75) is 38.6 Å². The summed E-state index contributed by atoms with van der Waals surface area (Å²) < 4.78 is 0.817. The minimum absolute atomic E-state index is 0.0934. The second kappa shape index (κ2) is 6.07. The van der Waals surface area contributed by atoms with Gasteiger partial charge in [-0.1, -0.05) is 18.5 Å². The van der Waals surface area contributed by atoms with Gasteiger partial charge in [-0.05, 0) is 59.8 Å². The molecule has 1 aliphatic heterocycles. The molecule has 2 nitrogen and oxygen atoms in total. The number of nitrogens with zero attached hydrogens (tertiary/aromatic N) is 1. The van der Waals surface area contributed by atoms with Gasteiger partial charge in [0.05, 0.1) is 5.56 Å². The van der Waals surface area contributed by atoms with E-state index >= 15 is 0 Å². The summed E-state index contributed by atoms with van der Waals surface area (Å²) in [4.78, 5) is 14.6. The Kier molecular flexibility index (Phi) is 4.68. The number of benzene rings is 1. The minimum atomic E-state index is 0.0934. The van der Waals surface area contributed by atoms with Gasteiger partial charge in [-0.2, -0.15) is 0 Å².